The number of hydrogen-bond donors (Lipinski definition) is 2. The Labute approximate surface area is 131 Å². The third-order valence-electron chi connectivity index (χ3n) is 4.20. The number of carbonyl (C=O) groups excluding carboxylic acids is 1. The van der Waals surface area contributed by atoms with Gasteiger partial charge in [0.2, 0.25) is 5.91 Å². The van der Waals surface area contributed by atoms with Gasteiger partial charge >= 0.3 is 0 Å². The maximum Gasteiger partial charge on any atom is 0.220 e. The zero-order valence-electron chi connectivity index (χ0n) is 12.9. The molecule has 0 aliphatic heterocycles. The highest BCUT2D eigenvalue weighted by atomic mass is 19.1. The lowest BCUT2D eigenvalue weighted by Crippen LogP contribution is -2.44. The van der Waals surface area contributed by atoms with Crippen molar-refractivity contribution in [1.82, 2.24) is 5.32 Å². The number of amides is 1. The third kappa shape index (κ3) is 4.98. The molecule has 0 saturated heterocycles. The Balaban J connectivity index is 1.66. The summed E-state index contributed by atoms with van der Waals surface area (Å²) in [4.78, 5) is 12.0. The van der Waals surface area contributed by atoms with Crippen LogP contribution in [0, 0.1) is 11.7 Å². The van der Waals surface area contributed by atoms with Crippen LogP contribution in [0.1, 0.15) is 38.5 Å². The fourth-order valence-electron chi connectivity index (χ4n) is 2.94. The van der Waals surface area contributed by atoms with Crippen LogP contribution in [0.2, 0.25) is 0 Å². The summed E-state index contributed by atoms with van der Waals surface area (Å²) in [7, 11) is 0. The number of halogens is 1. The van der Waals surface area contributed by atoms with Gasteiger partial charge in [-0.3, -0.25) is 4.79 Å². The van der Waals surface area contributed by atoms with Gasteiger partial charge < -0.3 is 15.8 Å². The lowest BCUT2D eigenvalue weighted by atomic mass is 9.84. The molecule has 122 valence electrons. The van der Waals surface area contributed by atoms with Crippen LogP contribution in [0.15, 0.2) is 24.3 Å². The van der Waals surface area contributed by atoms with E-state index < -0.39 is 0 Å². The van der Waals surface area contributed by atoms with Crippen LogP contribution in [0.4, 0.5) is 4.39 Å². The van der Waals surface area contributed by atoms with E-state index >= 15 is 0 Å². The lowest BCUT2D eigenvalue weighted by Gasteiger charge is -2.31. The normalized spacial score (nSPS) is 21.4. The number of hydrogen-bond acceptors (Lipinski definition) is 3. The van der Waals surface area contributed by atoms with Gasteiger partial charge in [0.1, 0.15) is 0 Å². The molecule has 0 bridgehead atoms. The zero-order chi connectivity index (χ0) is 15.8. The van der Waals surface area contributed by atoms with Crippen LogP contribution in [0.25, 0.3) is 0 Å². The molecular formula is C17H25FN2O2. The average molecular weight is 308 g/mol. The molecule has 5 heteroatoms. The Kier molecular flexibility index (Phi) is 6.65. The van der Waals surface area contributed by atoms with Crippen molar-refractivity contribution in [3.05, 3.63) is 30.1 Å². The van der Waals surface area contributed by atoms with E-state index in [-0.39, 0.29) is 23.5 Å². The molecule has 1 fully saturated rings. The second-order valence-electron chi connectivity index (χ2n) is 5.84. The quantitative estimate of drug-likeness (QED) is 0.761. The molecule has 3 N–H and O–H groups in total. The van der Waals surface area contributed by atoms with Gasteiger partial charge in [-0.15, -0.1) is 0 Å². The molecule has 4 nitrogen and oxygen atoms in total. The molecule has 1 aromatic carbocycles. The van der Waals surface area contributed by atoms with Crippen molar-refractivity contribution < 1.29 is 13.9 Å². The van der Waals surface area contributed by atoms with Gasteiger partial charge in [-0.25, -0.2) is 4.39 Å². The predicted molar refractivity (Wildman–Crippen MR) is 84.1 cm³/mol. The molecule has 0 spiro atoms. The summed E-state index contributed by atoms with van der Waals surface area (Å²) in [5.41, 5.74) is 5.76. The van der Waals surface area contributed by atoms with E-state index in [9.17, 15) is 9.18 Å². The predicted octanol–water partition coefficient (Wildman–Crippen LogP) is 2.62. The van der Waals surface area contributed by atoms with Gasteiger partial charge in [0.05, 0.1) is 6.61 Å². The number of carbonyl (C=O) groups is 1. The van der Waals surface area contributed by atoms with Crippen molar-refractivity contribution in [2.45, 2.75) is 44.6 Å². The highest BCUT2D eigenvalue weighted by Gasteiger charge is 2.24. The largest absolute Gasteiger partial charge is 0.491 e. The van der Waals surface area contributed by atoms with Crippen molar-refractivity contribution in [3.8, 4) is 5.75 Å². The molecule has 2 rings (SSSR count). The van der Waals surface area contributed by atoms with E-state index in [0.29, 0.717) is 31.9 Å². The van der Waals surface area contributed by atoms with Gasteiger partial charge in [0, 0.05) is 12.5 Å². The maximum absolute atomic E-state index is 13.4. The first-order chi connectivity index (χ1) is 10.7. The van der Waals surface area contributed by atoms with Crippen LogP contribution in [0.3, 0.4) is 0 Å². The van der Waals surface area contributed by atoms with Crippen molar-refractivity contribution in [2.24, 2.45) is 11.7 Å². The maximum atomic E-state index is 13.4. The summed E-state index contributed by atoms with van der Waals surface area (Å²) in [5.74, 6) is 0.285. The molecule has 0 radical (unpaired) electrons. The van der Waals surface area contributed by atoms with E-state index in [1.165, 1.54) is 12.5 Å². The molecule has 1 saturated carbocycles. The molecule has 1 aromatic rings. The summed E-state index contributed by atoms with van der Waals surface area (Å²) in [6, 6.07) is 6.50. The second kappa shape index (κ2) is 8.73. The summed E-state index contributed by atoms with van der Waals surface area (Å²) in [6.07, 6.45) is 5.42. The van der Waals surface area contributed by atoms with Crippen LogP contribution in [-0.4, -0.2) is 25.1 Å². The van der Waals surface area contributed by atoms with E-state index in [1.807, 2.05) is 0 Å². The number of para-hydroxylation sites is 1. The number of benzene rings is 1. The Bertz CT molecular complexity index is 481. The summed E-state index contributed by atoms with van der Waals surface area (Å²) >= 11 is 0. The Morgan fingerprint density at radius 2 is 2.09 bits per heavy atom. The lowest BCUT2D eigenvalue weighted by molar-refractivity contribution is -0.122. The smallest absolute Gasteiger partial charge is 0.220 e. The number of nitrogens with two attached hydrogens (primary N) is 1. The third-order valence-corrected chi connectivity index (χ3v) is 4.20. The van der Waals surface area contributed by atoms with Crippen LogP contribution in [-0.2, 0) is 4.79 Å². The fourth-order valence-corrected chi connectivity index (χ4v) is 2.94. The molecule has 2 unspecified atom stereocenters. The molecule has 1 aliphatic rings. The molecule has 1 aliphatic carbocycles. The Hall–Kier alpha value is -1.62. The highest BCUT2D eigenvalue weighted by molar-refractivity contribution is 5.76. The first-order valence-corrected chi connectivity index (χ1v) is 8.07. The highest BCUT2D eigenvalue weighted by Crippen LogP contribution is 2.23. The van der Waals surface area contributed by atoms with Crippen molar-refractivity contribution in [1.29, 1.82) is 0 Å². The second-order valence-corrected chi connectivity index (χ2v) is 5.84. The Morgan fingerprint density at radius 3 is 2.86 bits per heavy atom. The van der Waals surface area contributed by atoms with Crippen molar-refractivity contribution >= 4 is 5.91 Å². The van der Waals surface area contributed by atoms with Gasteiger partial charge in [-0.1, -0.05) is 25.0 Å². The van der Waals surface area contributed by atoms with Gasteiger partial charge in [0.25, 0.3) is 0 Å². The summed E-state index contributed by atoms with van der Waals surface area (Å²) < 4.78 is 18.7. The van der Waals surface area contributed by atoms with Crippen LogP contribution in [0.5, 0.6) is 5.75 Å². The zero-order valence-corrected chi connectivity index (χ0v) is 12.9. The Morgan fingerprint density at radius 1 is 1.32 bits per heavy atom. The SMILES string of the molecule is NCC1CCCCC1NC(=O)CCCOc1ccccc1F. The van der Waals surface area contributed by atoms with Gasteiger partial charge in [0.15, 0.2) is 11.6 Å². The van der Waals surface area contributed by atoms with Gasteiger partial charge in [-0.05, 0) is 43.9 Å². The van der Waals surface area contributed by atoms with Crippen LogP contribution >= 0.6 is 0 Å². The minimum atomic E-state index is -0.375. The molecule has 2 atom stereocenters. The number of rotatable bonds is 7. The van der Waals surface area contributed by atoms with Gasteiger partial charge in [-0.2, -0.15) is 0 Å². The van der Waals surface area contributed by atoms with Crippen molar-refractivity contribution in [3.63, 3.8) is 0 Å². The number of nitrogens with one attached hydrogen (secondary N) is 1. The molecule has 0 heterocycles. The monoisotopic (exact) mass is 308 g/mol. The van der Waals surface area contributed by atoms with E-state index in [0.717, 1.165) is 19.3 Å². The first-order valence-electron chi connectivity index (χ1n) is 8.07. The summed E-state index contributed by atoms with van der Waals surface area (Å²) in [5, 5.41) is 3.08. The topological polar surface area (TPSA) is 64.3 Å². The minimum Gasteiger partial charge on any atom is -0.491 e. The first kappa shape index (κ1) is 16.7. The standard InChI is InChI=1S/C17H25FN2O2/c18-14-7-2-4-9-16(14)22-11-5-10-17(21)20-15-8-3-1-6-13(15)12-19/h2,4,7,9,13,15H,1,3,5-6,8,10-12,19H2,(H,20,21). The molecular weight excluding hydrogens is 283 g/mol. The fraction of sp³-hybridized carbons (Fsp3) is 0.588. The molecule has 1 amide bonds. The minimum absolute atomic E-state index is 0.0301. The van der Waals surface area contributed by atoms with E-state index in [4.69, 9.17) is 10.5 Å². The molecule has 22 heavy (non-hydrogen) atoms. The average Bonchev–Trinajstić information content (AvgIpc) is 2.53. The molecule has 0 aromatic heterocycles. The van der Waals surface area contributed by atoms with Crippen LogP contribution < -0.4 is 15.8 Å². The van der Waals surface area contributed by atoms with E-state index in [2.05, 4.69) is 5.32 Å². The van der Waals surface area contributed by atoms with Crippen molar-refractivity contribution in [2.75, 3.05) is 13.2 Å². The summed E-state index contributed by atoms with van der Waals surface area (Å²) in [6.45, 7) is 0.959. The van der Waals surface area contributed by atoms with E-state index in [1.54, 1.807) is 18.2 Å². The number of ether oxygens (including phenoxy) is 1.